The zero-order valence-electron chi connectivity index (χ0n) is 10.8. The van der Waals surface area contributed by atoms with Crippen LogP contribution in [-0.2, 0) is 0 Å². The molecule has 2 aromatic carbocycles. The number of rotatable bonds is 1. The van der Waals surface area contributed by atoms with E-state index in [4.69, 9.17) is 4.74 Å². The molecule has 1 nitrogen and oxygen atoms in total. The molecule has 0 heterocycles. The first kappa shape index (κ1) is 12.8. The monoisotopic (exact) mass is 246 g/mol. The van der Waals surface area contributed by atoms with E-state index in [9.17, 15) is 0 Å². The summed E-state index contributed by atoms with van der Waals surface area (Å²) in [6.45, 7) is 0. The average Bonchev–Trinajstić information content (AvgIpc) is 2.49. The number of hydrogen-bond acceptors (Lipinski definition) is 1. The maximum atomic E-state index is 5.09. The lowest BCUT2D eigenvalue weighted by molar-refractivity contribution is 0.415. The largest absolute Gasteiger partial charge is 0.497 e. The summed E-state index contributed by atoms with van der Waals surface area (Å²) in [5, 5.41) is 0. The highest BCUT2D eigenvalue weighted by molar-refractivity contribution is 5.39. The van der Waals surface area contributed by atoms with E-state index in [1.165, 1.54) is 0 Å². The van der Waals surface area contributed by atoms with Gasteiger partial charge in [-0.05, 0) is 36.4 Å². The van der Waals surface area contributed by atoms with Crippen molar-refractivity contribution in [2.75, 3.05) is 7.11 Å². The Bertz CT molecular complexity index is 631. The molecule has 1 heteroatoms. The SMILES string of the molecule is COc1ccc(C#CCC#Cc2ccccc2)cc1. The maximum absolute atomic E-state index is 5.09. The molecule has 19 heavy (non-hydrogen) atoms. The van der Waals surface area contributed by atoms with Gasteiger partial charge in [0.05, 0.1) is 13.5 Å². The molecule has 0 amide bonds. The fraction of sp³-hybridized carbons (Fsp3) is 0.111. The summed E-state index contributed by atoms with van der Waals surface area (Å²) < 4.78 is 5.09. The predicted octanol–water partition coefficient (Wildman–Crippen LogP) is 3.49. The molecule has 0 aliphatic heterocycles. The highest BCUT2D eigenvalue weighted by atomic mass is 16.5. The van der Waals surface area contributed by atoms with Crippen molar-refractivity contribution in [3.63, 3.8) is 0 Å². The summed E-state index contributed by atoms with van der Waals surface area (Å²) in [7, 11) is 1.65. The zero-order valence-corrected chi connectivity index (χ0v) is 10.8. The molecule has 0 spiro atoms. The predicted molar refractivity (Wildman–Crippen MR) is 77.8 cm³/mol. The van der Waals surface area contributed by atoms with Crippen LogP contribution in [0.4, 0.5) is 0 Å². The summed E-state index contributed by atoms with van der Waals surface area (Å²) >= 11 is 0. The van der Waals surface area contributed by atoms with Crippen molar-refractivity contribution in [1.29, 1.82) is 0 Å². The third-order valence-corrected chi connectivity index (χ3v) is 2.51. The molecule has 0 aliphatic rings. The first-order chi connectivity index (χ1) is 9.38. The lowest BCUT2D eigenvalue weighted by Crippen LogP contribution is -1.81. The highest BCUT2D eigenvalue weighted by Gasteiger charge is 1.88. The average molecular weight is 246 g/mol. The van der Waals surface area contributed by atoms with Crippen molar-refractivity contribution >= 4 is 0 Å². The van der Waals surface area contributed by atoms with Crippen LogP contribution < -0.4 is 4.74 Å². The van der Waals surface area contributed by atoms with Crippen LogP contribution >= 0.6 is 0 Å². The molecule has 0 saturated heterocycles. The van der Waals surface area contributed by atoms with Crippen molar-refractivity contribution in [1.82, 2.24) is 0 Å². The fourth-order valence-corrected chi connectivity index (χ4v) is 1.53. The van der Waals surface area contributed by atoms with Gasteiger partial charge in [-0.15, -0.1) is 0 Å². The van der Waals surface area contributed by atoms with Crippen LogP contribution in [0.1, 0.15) is 17.5 Å². The lowest BCUT2D eigenvalue weighted by Gasteiger charge is -1.97. The first-order valence-corrected chi connectivity index (χ1v) is 6.05. The van der Waals surface area contributed by atoms with Crippen molar-refractivity contribution in [3.8, 4) is 29.4 Å². The summed E-state index contributed by atoms with van der Waals surface area (Å²) in [5.41, 5.74) is 2.00. The molecular weight excluding hydrogens is 232 g/mol. The van der Waals surface area contributed by atoms with E-state index in [2.05, 4.69) is 23.7 Å². The minimum Gasteiger partial charge on any atom is -0.497 e. The second-order valence-electron chi connectivity index (χ2n) is 3.87. The molecule has 2 aromatic rings. The maximum Gasteiger partial charge on any atom is 0.118 e. The molecule has 0 bridgehead atoms. The Morgan fingerprint density at radius 1 is 0.789 bits per heavy atom. The van der Waals surface area contributed by atoms with E-state index in [1.807, 2.05) is 54.6 Å². The Morgan fingerprint density at radius 3 is 1.95 bits per heavy atom. The standard InChI is InChI=1S/C18H14O/c1-19-18-14-12-17(13-15-18)11-7-3-6-10-16-8-4-2-5-9-16/h2,4-5,8-9,12-15H,3H2,1H3. The summed E-state index contributed by atoms with van der Waals surface area (Å²) in [6.07, 6.45) is 0.570. The minimum absolute atomic E-state index is 0.570. The van der Waals surface area contributed by atoms with Gasteiger partial charge in [-0.25, -0.2) is 0 Å². The molecule has 0 N–H and O–H groups in total. The Balaban J connectivity index is 1.93. The van der Waals surface area contributed by atoms with Gasteiger partial charge < -0.3 is 4.74 Å². The lowest BCUT2D eigenvalue weighted by atomic mass is 10.2. The highest BCUT2D eigenvalue weighted by Crippen LogP contribution is 2.10. The van der Waals surface area contributed by atoms with E-state index >= 15 is 0 Å². The van der Waals surface area contributed by atoms with E-state index in [-0.39, 0.29) is 0 Å². The van der Waals surface area contributed by atoms with Crippen LogP contribution in [0, 0.1) is 23.7 Å². The van der Waals surface area contributed by atoms with Gasteiger partial charge in [-0.3, -0.25) is 0 Å². The molecule has 2 rings (SSSR count). The summed E-state index contributed by atoms with van der Waals surface area (Å²) in [6, 6.07) is 17.6. The Morgan fingerprint density at radius 2 is 1.37 bits per heavy atom. The smallest absolute Gasteiger partial charge is 0.118 e. The van der Waals surface area contributed by atoms with E-state index in [1.54, 1.807) is 7.11 Å². The van der Waals surface area contributed by atoms with Gasteiger partial charge in [0.1, 0.15) is 5.75 Å². The Hall–Kier alpha value is -2.64. The molecule has 0 aliphatic carbocycles. The van der Waals surface area contributed by atoms with Gasteiger partial charge in [0, 0.05) is 11.1 Å². The quantitative estimate of drug-likeness (QED) is 0.700. The molecule has 0 unspecified atom stereocenters. The zero-order chi connectivity index (χ0) is 13.3. The molecule has 0 atom stereocenters. The number of benzene rings is 2. The topological polar surface area (TPSA) is 9.23 Å². The molecule has 0 aromatic heterocycles. The molecule has 92 valence electrons. The summed E-state index contributed by atoms with van der Waals surface area (Å²) in [4.78, 5) is 0. The van der Waals surface area contributed by atoms with Gasteiger partial charge in [-0.2, -0.15) is 0 Å². The van der Waals surface area contributed by atoms with Crippen LogP contribution in [-0.4, -0.2) is 7.11 Å². The van der Waals surface area contributed by atoms with E-state index in [0.29, 0.717) is 6.42 Å². The Kier molecular flexibility index (Phi) is 4.68. The van der Waals surface area contributed by atoms with Gasteiger partial charge in [0.25, 0.3) is 0 Å². The third-order valence-electron chi connectivity index (χ3n) is 2.51. The summed E-state index contributed by atoms with van der Waals surface area (Å²) in [5.74, 6) is 13.1. The normalized spacial score (nSPS) is 8.68. The number of ether oxygens (including phenoxy) is 1. The van der Waals surface area contributed by atoms with Gasteiger partial charge in [-0.1, -0.05) is 41.9 Å². The van der Waals surface area contributed by atoms with Crippen molar-refractivity contribution in [2.24, 2.45) is 0 Å². The third kappa shape index (κ3) is 4.26. The second kappa shape index (κ2) is 6.94. The molecule has 0 fully saturated rings. The first-order valence-electron chi connectivity index (χ1n) is 6.05. The minimum atomic E-state index is 0.570. The van der Waals surface area contributed by atoms with Crippen LogP contribution in [0.5, 0.6) is 5.75 Å². The molecule has 0 radical (unpaired) electrons. The second-order valence-corrected chi connectivity index (χ2v) is 3.87. The van der Waals surface area contributed by atoms with E-state index < -0.39 is 0 Å². The Labute approximate surface area is 114 Å². The van der Waals surface area contributed by atoms with Crippen LogP contribution in [0.3, 0.4) is 0 Å². The van der Waals surface area contributed by atoms with Gasteiger partial charge >= 0.3 is 0 Å². The fourth-order valence-electron chi connectivity index (χ4n) is 1.53. The molecular formula is C18H14O. The van der Waals surface area contributed by atoms with Gasteiger partial charge in [0.15, 0.2) is 0 Å². The molecule has 0 saturated carbocycles. The van der Waals surface area contributed by atoms with Crippen LogP contribution in [0.25, 0.3) is 0 Å². The van der Waals surface area contributed by atoms with Crippen LogP contribution in [0.2, 0.25) is 0 Å². The van der Waals surface area contributed by atoms with Crippen molar-refractivity contribution in [2.45, 2.75) is 6.42 Å². The van der Waals surface area contributed by atoms with Crippen LogP contribution in [0.15, 0.2) is 54.6 Å². The van der Waals surface area contributed by atoms with Gasteiger partial charge in [0.2, 0.25) is 0 Å². The van der Waals surface area contributed by atoms with Crippen molar-refractivity contribution in [3.05, 3.63) is 65.7 Å². The van der Waals surface area contributed by atoms with E-state index in [0.717, 1.165) is 16.9 Å². The number of hydrogen-bond donors (Lipinski definition) is 0. The number of methoxy groups -OCH3 is 1. The van der Waals surface area contributed by atoms with Crippen molar-refractivity contribution < 1.29 is 4.74 Å².